The molecular weight excluding hydrogens is 881 g/mol. The van der Waals surface area contributed by atoms with E-state index in [0.717, 1.165) is 91.8 Å². The molecule has 5 heterocycles. The smallest absolute Gasteiger partial charge is 0.296 e. The van der Waals surface area contributed by atoms with E-state index in [1.54, 1.807) is 19.1 Å². The second-order valence-electron chi connectivity index (χ2n) is 17.2. The zero-order valence-corrected chi connectivity index (χ0v) is 42.1. The number of aryl methyl sites for hydroxylation is 2. The summed E-state index contributed by atoms with van der Waals surface area (Å²) in [4.78, 5) is 53.1. The molecule has 16 nitrogen and oxygen atoms in total. The van der Waals surface area contributed by atoms with E-state index in [-0.39, 0.29) is 40.6 Å². The maximum absolute atomic E-state index is 13.8. The van der Waals surface area contributed by atoms with Gasteiger partial charge in [-0.3, -0.25) is 14.1 Å². The van der Waals surface area contributed by atoms with Gasteiger partial charge in [-0.25, -0.2) is 15.2 Å². The number of carbonyl (C=O) groups is 2. The summed E-state index contributed by atoms with van der Waals surface area (Å²) in [5.74, 6) is 0.104. The summed E-state index contributed by atoms with van der Waals surface area (Å²) in [5, 5.41) is 13.1. The number of carbonyl (C=O) groups excluding carboxylic acids is 2. The molecule has 0 saturated carbocycles. The molecule has 3 aromatic rings. The standard InChI is InChI=1S/C48H70N8O8S2/c1-11-53(9)23-15-17-25-55(13-3)45(57)21-19-35-31(5)37-27-39-33(7)47(65-64-63-59)43(51-39)28-40-34(8)48(66(60,61)62)44(52-40)29-38-32(6)36(42(50-38)30-41(35)49-37)20-22-46(58)56(14-4)26-18-16-24-54(10)12-2/h27-30,51-52,59H,11-26H2,1-10H3,(H,60,61,62). The summed E-state index contributed by atoms with van der Waals surface area (Å²) in [6.45, 7) is 22.1. The van der Waals surface area contributed by atoms with Crippen molar-refractivity contribution >= 4 is 78.3 Å². The van der Waals surface area contributed by atoms with E-state index in [2.05, 4.69) is 52.7 Å². The molecule has 0 aliphatic carbocycles. The minimum absolute atomic E-state index is 0.0378. The molecule has 2 aliphatic rings. The van der Waals surface area contributed by atoms with Crippen molar-refractivity contribution in [1.29, 1.82) is 0 Å². The Bertz CT molecular complexity index is 2570. The van der Waals surface area contributed by atoms with E-state index in [9.17, 15) is 22.6 Å². The second kappa shape index (κ2) is 24.1. The van der Waals surface area contributed by atoms with E-state index in [4.69, 9.17) is 19.6 Å². The number of aromatic amines is 2. The van der Waals surface area contributed by atoms with Crippen LogP contribution in [0.25, 0.3) is 44.4 Å². The Hall–Kier alpha value is -4.40. The third-order valence-corrected chi connectivity index (χ3v) is 14.8. The number of rotatable bonds is 24. The predicted octanol–water partition coefficient (Wildman–Crippen LogP) is 9.19. The highest BCUT2D eigenvalue weighted by Gasteiger charge is 2.26. The number of nitrogens with one attached hydrogen (secondary N) is 2. The molecule has 2 amide bonds. The first-order valence-electron chi connectivity index (χ1n) is 23.2. The van der Waals surface area contributed by atoms with Crippen LogP contribution in [-0.4, -0.2) is 136 Å². The van der Waals surface area contributed by atoms with Crippen LogP contribution in [0.5, 0.6) is 0 Å². The number of allylic oxidation sites excluding steroid dienone is 4. The molecule has 0 fully saturated rings. The maximum atomic E-state index is 13.8. The van der Waals surface area contributed by atoms with Crippen molar-refractivity contribution in [3.8, 4) is 0 Å². The van der Waals surface area contributed by atoms with Gasteiger partial charge < -0.3 is 29.6 Å². The average Bonchev–Trinajstić information content (AvgIpc) is 3.96. The topological polar surface area (TPSA) is 198 Å². The highest BCUT2D eigenvalue weighted by molar-refractivity contribution is 7.94. The third-order valence-electron chi connectivity index (χ3n) is 13.0. The van der Waals surface area contributed by atoms with E-state index in [1.807, 2.05) is 56.6 Å². The molecule has 0 unspecified atom stereocenters. The lowest BCUT2D eigenvalue weighted by Gasteiger charge is -2.22. The number of nitrogens with zero attached hydrogens (tertiary/aromatic N) is 6. The van der Waals surface area contributed by atoms with Crippen LogP contribution < -0.4 is 0 Å². The molecule has 362 valence electrons. The predicted molar refractivity (Wildman–Crippen MR) is 264 cm³/mol. The molecule has 8 bridgehead atoms. The molecule has 2 aliphatic heterocycles. The Balaban J connectivity index is 1.66. The van der Waals surface area contributed by atoms with Crippen LogP contribution >= 0.6 is 12.0 Å². The summed E-state index contributed by atoms with van der Waals surface area (Å²) in [7, 11) is -0.544. The number of unbranched alkanes of at least 4 members (excludes halogenated alkanes) is 2. The largest absolute Gasteiger partial charge is 0.354 e. The molecule has 0 saturated heterocycles. The molecule has 0 atom stereocenters. The lowest BCUT2D eigenvalue weighted by molar-refractivity contribution is -0.432. The zero-order valence-electron chi connectivity index (χ0n) is 40.5. The van der Waals surface area contributed by atoms with Gasteiger partial charge in [-0.1, -0.05) is 18.9 Å². The molecule has 0 spiro atoms. The van der Waals surface area contributed by atoms with Crippen molar-refractivity contribution < 1.29 is 37.2 Å². The lowest BCUT2D eigenvalue weighted by atomic mass is 9.98. The molecule has 18 heteroatoms. The Morgan fingerprint density at radius 1 is 0.636 bits per heavy atom. The monoisotopic (exact) mass is 950 g/mol. The van der Waals surface area contributed by atoms with Gasteiger partial charge in [0.25, 0.3) is 10.1 Å². The fourth-order valence-corrected chi connectivity index (χ4v) is 9.98. The normalized spacial score (nSPS) is 13.2. The minimum atomic E-state index is -4.74. The molecular formula is C48H70N8O8S2. The summed E-state index contributed by atoms with van der Waals surface area (Å²) in [6, 6.07) is 7.12. The van der Waals surface area contributed by atoms with Gasteiger partial charge in [-0.15, -0.1) is 4.33 Å². The van der Waals surface area contributed by atoms with E-state index < -0.39 is 10.1 Å². The Morgan fingerprint density at radius 2 is 1.09 bits per heavy atom. The highest BCUT2D eigenvalue weighted by Crippen LogP contribution is 2.39. The van der Waals surface area contributed by atoms with Crippen molar-refractivity contribution in [1.82, 2.24) is 39.5 Å². The number of fused-ring (bicyclic) bond motifs is 8. The molecule has 5 rings (SSSR count). The lowest BCUT2D eigenvalue weighted by Crippen LogP contribution is -2.32. The Kier molecular flexibility index (Phi) is 19.2. The summed E-state index contributed by atoms with van der Waals surface area (Å²) in [6.07, 6.45) is 5.12. The third kappa shape index (κ3) is 13.0. The molecule has 0 aromatic carbocycles. The molecule has 3 aromatic heterocycles. The van der Waals surface area contributed by atoms with Crippen LogP contribution in [0.1, 0.15) is 127 Å². The summed E-state index contributed by atoms with van der Waals surface area (Å²) < 4.78 is 41.6. The Labute approximate surface area is 394 Å². The highest BCUT2D eigenvalue weighted by atomic mass is 32.2. The van der Waals surface area contributed by atoms with Gasteiger partial charge in [-0.05, 0) is 178 Å². The van der Waals surface area contributed by atoms with Crippen LogP contribution in [0.2, 0.25) is 0 Å². The van der Waals surface area contributed by atoms with E-state index in [0.29, 0.717) is 83.2 Å². The average molecular weight is 951 g/mol. The summed E-state index contributed by atoms with van der Waals surface area (Å²) >= 11 is 0.763. The van der Waals surface area contributed by atoms with Crippen LogP contribution in [-0.2, 0) is 29.1 Å². The van der Waals surface area contributed by atoms with Gasteiger partial charge in [0, 0.05) is 50.1 Å². The first-order chi connectivity index (χ1) is 31.4. The van der Waals surface area contributed by atoms with Crippen LogP contribution in [0.4, 0.5) is 0 Å². The van der Waals surface area contributed by atoms with E-state index >= 15 is 0 Å². The quantitative estimate of drug-likeness (QED) is 0.0218. The van der Waals surface area contributed by atoms with Crippen molar-refractivity contribution in [2.24, 2.45) is 0 Å². The first-order valence-corrected chi connectivity index (χ1v) is 25.3. The van der Waals surface area contributed by atoms with Gasteiger partial charge in [0.2, 0.25) is 11.8 Å². The van der Waals surface area contributed by atoms with Gasteiger partial charge in [0.05, 0.1) is 50.7 Å². The van der Waals surface area contributed by atoms with E-state index in [1.165, 1.54) is 0 Å². The van der Waals surface area contributed by atoms with Crippen LogP contribution in [0.15, 0.2) is 34.1 Å². The Morgan fingerprint density at radius 3 is 1.55 bits per heavy atom. The number of hydrogen-bond donors (Lipinski definition) is 4. The van der Waals surface area contributed by atoms with Crippen molar-refractivity contribution in [3.05, 3.63) is 58.2 Å². The zero-order chi connectivity index (χ0) is 48.3. The van der Waals surface area contributed by atoms with Crippen molar-refractivity contribution in [2.75, 3.05) is 66.5 Å². The fourth-order valence-electron chi connectivity index (χ4n) is 8.56. The van der Waals surface area contributed by atoms with Gasteiger partial charge in [-0.2, -0.15) is 8.42 Å². The van der Waals surface area contributed by atoms with Crippen LogP contribution in [0.3, 0.4) is 0 Å². The minimum Gasteiger partial charge on any atom is -0.354 e. The van der Waals surface area contributed by atoms with Gasteiger partial charge in [0.1, 0.15) is 4.90 Å². The fraction of sp³-hybridized carbons (Fsp3) is 0.542. The van der Waals surface area contributed by atoms with Gasteiger partial charge in [0.15, 0.2) is 0 Å². The SMILES string of the molecule is CCN(C)CCCCN(CC)C(=O)CCC1=C(C)c2cc3[nH]c(cc4[nH]c(cc5nc(cc1n2)C(CCC(=O)N(CC)CCCCN(C)CC)=C5C)c(S(=O)(=O)O)c4C)c(SOOO)c3C. The number of H-pyrrole nitrogens is 2. The number of aromatic nitrogens is 4. The second-order valence-corrected chi connectivity index (χ2v) is 19.3. The van der Waals surface area contributed by atoms with Gasteiger partial charge >= 0.3 is 0 Å². The molecule has 4 N–H and O–H groups in total. The summed E-state index contributed by atoms with van der Waals surface area (Å²) in [5.41, 5.74) is 8.35. The molecule has 66 heavy (non-hydrogen) atoms. The number of hydrogen-bond acceptors (Lipinski definition) is 12. The van der Waals surface area contributed by atoms with Crippen molar-refractivity contribution in [3.63, 3.8) is 0 Å². The molecule has 0 radical (unpaired) electrons. The first kappa shape index (κ1) is 52.6. The maximum Gasteiger partial charge on any atom is 0.296 e. The number of amides is 2. The van der Waals surface area contributed by atoms with Crippen molar-refractivity contribution in [2.45, 2.75) is 117 Å². The van der Waals surface area contributed by atoms with Crippen LogP contribution in [0, 0.1) is 13.8 Å².